The summed E-state index contributed by atoms with van der Waals surface area (Å²) in [7, 11) is 0. The van der Waals surface area contributed by atoms with Crippen molar-refractivity contribution < 1.29 is 27.9 Å². The number of hydrogen-bond acceptors (Lipinski definition) is 2. The number of aliphatic carboxylic acids is 1. The highest BCUT2D eigenvalue weighted by Gasteiger charge is 2.30. The Morgan fingerprint density at radius 3 is 2.07 bits per heavy atom. The van der Waals surface area contributed by atoms with Crippen LogP contribution in [0.15, 0.2) is 48.5 Å². The van der Waals surface area contributed by atoms with Gasteiger partial charge in [0.15, 0.2) is 0 Å². The SMILES string of the molecule is Cc1ccc(CC(=O)N[C@H](CC(=O)O)Cc2ccc(C(F)(F)F)cc2)cc1. The van der Waals surface area contributed by atoms with Crippen LogP contribution in [0.1, 0.15) is 28.7 Å². The van der Waals surface area contributed by atoms with Gasteiger partial charge in [0, 0.05) is 6.04 Å². The monoisotopic (exact) mass is 379 g/mol. The van der Waals surface area contributed by atoms with Gasteiger partial charge in [-0.25, -0.2) is 0 Å². The van der Waals surface area contributed by atoms with Gasteiger partial charge in [0.1, 0.15) is 0 Å². The Morgan fingerprint density at radius 2 is 1.56 bits per heavy atom. The second-order valence-electron chi connectivity index (χ2n) is 6.42. The molecule has 0 aliphatic rings. The minimum Gasteiger partial charge on any atom is -0.481 e. The summed E-state index contributed by atoms with van der Waals surface area (Å²) in [5.41, 5.74) is 1.60. The normalized spacial score (nSPS) is 12.4. The molecule has 144 valence electrons. The lowest BCUT2D eigenvalue weighted by Crippen LogP contribution is -2.39. The second kappa shape index (κ2) is 8.70. The molecule has 0 heterocycles. The third-order valence-corrected chi connectivity index (χ3v) is 4.03. The molecule has 7 heteroatoms. The van der Waals surface area contributed by atoms with Crippen LogP contribution in [-0.4, -0.2) is 23.0 Å². The number of carbonyl (C=O) groups is 2. The zero-order valence-electron chi connectivity index (χ0n) is 14.7. The fourth-order valence-electron chi connectivity index (χ4n) is 2.67. The van der Waals surface area contributed by atoms with Crippen LogP contribution in [0.4, 0.5) is 13.2 Å². The summed E-state index contributed by atoms with van der Waals surface area (Å²) in [5.74, 6) is -1.43. The van der Waals surface area contributed by atoms with Gasteiger partial charge in [0.05, 0.1) is 18.4 Å². The van der Waals surface area contributed by atoms with Crippen LogP contribution in [0.5, 0.6) is 0 Å². The second-order valence-corrected chi connectivity index (χ2v) is 6.42. The Balaban J connectivity index is 2.02. The first-order valence-corrected chi connectivity index (χ1v) is 8.36. The molecular formula is C20H20F3NO3. The van der Waals surface area contributed by atoms with Crippen LogP contribution < -0.4 is 5.32 Å². The number of nitrogens with one attached hydrogen (secondary N) is 1. The van der Waals surface area contributed by atoms with E-state index in [1.807, 2.05) is 31.2 Å². The fraction of sp³-hybridized carbons (Fsp3) is 0.300. The summed E-state index contributed by atoms with van der Waals surface area (Å²) >= 11 is 0. The molecule has 2 rings (SSSR count). The van der Waals surface area contributed by atoms with Gasteiger partial charge in [-0.2, -0.15) is 13.2 Å². The van der Waals surface area contributed by atoms with Crippen LogP contribution in [-0.2, 0) is 28.6 Å². The lowest BCUT2D eigenvalue weighted by molar-refractivity contribution is -0.138. The first kappa shape index (κ1) is 20.5. The van der Waals surface area contributed by atoms with Crippen LogP contribution in [0.3, 0.4) is 0 Å². The zero-order valence-corrected chi connectivity index (χ0v) is 14.7. The smallest absolute Gasteiger partial charge is 0.416 e. The molecule has 0 radical (unpaired) electrons. The number of aryl methyl sites for hydroxylation is 1. The van der Waals surface area contributed by atoms with E-state index in [1.54, 1.807) is 0 Å². The maximum Gasteiger partial charge on any atom is 0.416 e. The van der Waals surface area contributed by atoms with Crippen molar-refractivity contribution >= 4 is 11.9 Å². The topological polar surface area (TPSA) is 66.4 Å². The maximum atomic E-state index is 12.6. The van der Waals surface area contributed by atoms with E-state index in [0.29, 0.717) is 5.56 Å². The predicted octanol–water partition coefficient (Wildman–Crippen LogP) is 3.76. The van der Waals surface area contributed by atoms with Crippen LogP contribution >= 0.6 is 0 Å². The largest absolute Gasteiger partial charge is 0.481 e. The molecule has 0 spiro atoms. The molecule has 0 aromatic heterocycles. The minimum atomic E-state index is -4.43. The van der Waals surface area contributed by atoms with Gasteiger partial charge in [-0.15, -0.1) is 0 Å². The Bertz CT molecular complexity index is 784. The van der Waals surface area contributed by atoms with E-state index in [-0.39, 0.29) is 25.2 Å². The quantitative estimate of drug-likeness (QED) is 0.770. The van der Waals surface area contributed by atoms with Crippen LogP contribution in [0.25, 0.3) is 0 Å². The maximum absolute atomic E-state index is 12.6. The van der Waals surface area contributed by atoms with Gasteiger partial charge >= 0.3 is 12.1 Å². The molecule has 1 amide bonds. The van der Waals surface area contributed by atoms with E-state index < -0.39 is 23.8 Å². The number of rotatable bonds is 7. The molecular weight excluding hydrogens is 359 g/mol. The number of benzene rings is 2. The van der Waals surface area contributed by atoms with Crippen molar-refractivity contribution in [1.29, 1.82) is 0 Å². The minimum absolute atomic E-state index is 0.101. The Kier molecular flexibility index (Phi) is 6.60. The van der Waals surface area contributed by atoms with Crippen molar-refractivity contribution in [3.63, 3.8) is 0 Å². The summed E-state index contributed by atoms with van der Waals surface area (Å²) in [6, 6.07) is 11.2. The molecule has 0 aliphatic heterocycles. The van der Waals surface area contributed by atoms with E-state index in [0.717, 1.165) is 23.3 Å². The van der Waals surface area contributed by atoms with Crippen molar-refractivity contribution in [2.24, 2.45) is 0 Å². The number of alkyl halides is 3. The first-order chi connectivity index (χ1) is 12.6. The van der Waals surface area contributed by atoms with E-state index in [1.165, 1.54) is 12.1 Å². The molecule has 0 bridgehead atoms. The van der Waals surface area contributed by atoms with Gasteiger partial charge in [-0.3, -0.25) is 9.59 Å². The molecule has 0 fully saturated rings. The van der Waals surface area contributed by atoms with E-state index in [2.05, 4.69) is 5.32 Å². The average Bonchev–Trinajstić information content (AvgIpc) is 2.56. The third kappa shape index (κ3) is 6.77. The van der Waals surface area contributed by atoms with Gasteiger partial charge in [-0.05, 0) is 36.6 Å². The number of halogens is 3. The highest BCUT2D eigenvalue weighted by molar-refractivity contribution is 5.79. The van der Waals surface area contributed by atoms with Crippen molar-refractivity contribution in [2.45, 2.75) is 38.4 Å². The van der Waals surface area contributed by atoms with E-state index in [9.17, 15) is 22.8 Å². The third-order valence-electron chi connectivity index (χ3n) is 4.03. The highest BCUT2D eigenvalue weighted by Crippen LogP contribution is 2.29. The van der Waals surface area contributed by atoms with Crippen molar-refractivity contribution in [1.82, 2.24) is 5.32 Å². The van der Waals surface area contributed by atoms with Gasteiger partial charge < -0.3 is 10.4 Å². The Hall–Kier alpha value is -2.83. The summed E-state index contributed by atoms with van der Waals surface area (Å²) in [6.45, 7) is 1.93. The number of carboxylic acid groups (broad SMARTS) is 1. The first-order valence-electron chi connectivity index (χ1n) is 8.36. The van der Waals surface area contributed by atoms with Gasteiger partial charge in [-0.1, -0.05) is 42.0 Å². The molecule has 0 saturated carbocycles. The molecule has 4 nitrogen and oxygen atoms in total. The summed E-state index contributed by atoms with van der Waals surface area (Å²) in [4.78, 5) is 23.3. The van der Waals surface area contributed by atoms with Gasteiger partial charge in [0.2, 0.25) is 5.91 Å². The Morgan fingerprint density at radius 1 is 1.00 bits per heavy atom. The van der Waals surface area contributed by atoms with Crippen LogP contribution in [0.2, 0.25) is 0 Å². The van der Waals surface area contributed by atoms with Gasteiger partial charge in [0.25, 0.3) is 0 Å². The summed E-state index contributed by atoms with van der Waals surface area (Å²) in [6.07, 6.45) is -4.52. The molecule has 2 aromatic carbocycles. The van der Waals surface area contributed by atoms with Crippen molar-refractivity contribution in [3.05, 3.63) is 70.8 Å². The number of carbonyl (C=O) groups excluding carboxylic acids is 1. The molecule has 27 heavy (non-hydrogen) atoms. The van der Waals surface area contributed by atoms with Crippen molar-refractivity contribution in [3.8, 4) is 0 Å². The number of amides is 1. The van der Waals surface area contributed by atoms with E-state index in [4.69, 9.17) is 5.11 Å². The molecule has 0 saturated heterocycles. The molecule has 2 N–H and O–H groups in total. The van der Waals surface area contributed by atoms with Crippen molar-refractivity contribution in [2.75, 3.05) is 0 Å². The zero-order chi connectivity index (χ0) is 20.0. The predicted molar refractivity (Wildman–Crippen MR) is 94.2 cm³/mol. The highest BCUT2D eigenvalue weighted by atomic mass is 19.4. The lowest BCUT2D eigenvalue weighted by atomic mass is 10.0. The fourth-order valence-corrected chi connectivity index (χ4v) is 2.67. The standard InChI is InChI=1S/C20H20F3NO3/c1-13-2-4-15(5-3-13)11-18(25)24-17(12-19(26)27)10-14-6-8-16(9-7-14)20(21,22)23/h2-9,17H,10-12H2,1H3,(H,24,25)(H,26,27)/t17-/m0/s1. The summed E-state index contributed by atoms with van der Waals surface area (Å²) < 4.78 is 37.9. The van der Waals surface area contributed by atoms with Crippen LogP contribution in [0, 0.1) is 6.92 Å². The Labute approximate surface area is 155 Å². The molecule has 0 aliphatic carbocycles. The molecule has 1 atom stereocenters. The van der Waals surface area contributed by atoms with E-state index >= 15 is 0 Å². The molecule has 2 aromatic rings. The lowest BCUT2D eigenvalue weighted by Gasteiger charge is -2.18. The molecule has 0 unspecified atom stereocenters. The number of hydrogen-bond donors (Lipinski definition) is 2. The average molecular weight is 379 g/mol. The summed E-state index contributed by atoms with van der Waals surface area (Å²) in [5, 5.41) is 11.7. The number of carboxylic acids is 1.